The van der Waals surface area contributed by atoms with Crippen molar-refractivity contribution in [2.45, 2.75) is 18.9 Å². The smallest absolute Gasteiger partial charge is 0.168 e. The molecule has 0 amide bonds. The Morgan fingerprint density at radius 2 is 2.24 bits per heavy atom. The van der Waals surface area contributed by atoms with Gasteiger partial charge in [-0.1, -0.05) is 0 Å². The molecular formula is C12H15F2N3. The minimum absolute atomic E-state index is 0.280. The molecule has 0 saturated carbocycles. The summed E-state index contributed by atoms with van der Waals surface area (Å²) >= 11 is 0. The number of halogens is 2. The van der Waals surface area contributed by atoms with Crippen LogP contribution >= 0.6 is 0 Å². The van der Waals surface area contributed by atoms with Gasteiger partial charge in [0.15, 0.2) is 11.6 Å². The van der Waals surface area contributed by atoms with E-state index in [0.717, 1.165) is 31.9 Å². The fourth-order valence-corrected chi connectivity index (χ4v) is 2.86. The van der Waals surface area contributed by atoms with E-state index in [4.69, 9.17) is 0 Å². The standard InChI is InChI=1S/C12H15F2N3/c13-9-4-10(14)12(16-5-9)17-6-8-2-1-3-15-11(8)7-17/h4-5,8,11,15H,1-3,6-7H2. The zero-order valence-electron chi connectivity index (χ0n) is 9.50. The van der Waals surface area contributed by atoms with Gasteiger partial charge in [0.1, 0.15) is 5.82 Å². The van der Waals surface area contributed by atoms with E-state index in [1.165, 1.54) is 12.8 Å². The van der Waals surface area contributed by atoms with Crippen LogP contribution < -0.4 is 10.2 Å². The van der Waals surface area contributed by atoms with Crippen LogP contribution in [0.15, 0.2) is 12.3 Å². The number of nitrogens with one attached hydrogen (secondary N) is 1. The first-order valence-electron chi connectivity index (χ1n) is 6.03. The number of piperidine rings is 1. The van der Waals surface area contributed by atoms with E-state index in [9.17, 15) is 8.78 Å². The Hall–Kier alpha value is -1.23. The Labute approximate surface area is 98.8 Å². The molecule has 92 valence electrons. The highest BCUT2D eigenvalue weighted by Crippen LogP contribution is 2.29. The molecule has 0 aliphatic carbocycles. The lowest BCUT2D eigenvalue weighted by molar-refractivity contribution is 0.340. The second kappa shape index (κ2) is 4.22. The number of hydrogen-bond acceptors (Lipinski definition) is 3. The molecule has 1 aromatic rings. The third-order valence-corrected chi connectivity index (χ3v) is 3.69. The molecule has 3 heterocycles. The van der Waals surface area contributed by atoms with Crippen molar-refractivity contribution in [3.63, 3.8) is 0 Å². The average molecular weight is 239 g/mol. The minimum atomic E-state index is -0.624. The molecule has 3 nitrogen and oxygen atoms in total. The number of anilines is 1. The Balaban J connectivity index is 1.81. The van der Waals surface area contributed by atoms with Gasteiger partial charge in [-0.15, -0.1) is 0 Å². The minimum Gasteiger partial charge on any atom is -0.352 e. The lowest BCUT2D eigenvalue weighted by atomic mass is 9.94. The Kier molecular flexibility index (Phi) is 2.70. The number of hydrogen-bond donors (Lipinski definition) is 1. The molecule has 0 radical (unpaired) electrons. The fraction of sp³-hybridized carbons (Fsp3) is 0.583. The lowest BCUT2D eigenvalue weighted by Gasteiger charge is -2.24. The van der Waals surface area contributed by atoms with Gasteiger partial charge in [-0.05, 0) is 25.3 Å². The molecule has 2 saturated heterocycles. The number of aromatic nitrogens is 1. The first-order valence-corrected chi connectivity index (χ1v) is 6.03. The van der Waals surface area contributed by atoms with E-state index in [2.05, 4.69) is 10.3 Å². The summed E-state index contributed by atoms with van der Waals surface area (Å²) in [5.74, 6) is -0.345. The molecule has 2 fully saturated rings. The van der Waals surface area contributed by atoms with Gasteiger partial charge < -0.3 is 10.2 Å². The predicted molar refractivity (Wildman–Crippen MR) is 60.9 cm³/mol. The van der Waals surface area contributed by atoms with Crippen molar-refractivity contribution >= 4 is 5.82 Å². The summed E-state index contributed by atoms with van der Waals surface area (Å²) in [6.07, 6.45) is 3.43. The van der Waals surface area contributed by atoms with Crippen LogP contribution in [0.4, 0.5) is 14.6 Å². The Morgan fingerprint density at radius 1 is 1.35 bits per heavy atom. The van der Waals surface area contributed by atoms with Crippen molar-refractivity contribution in [2.75, 3.05) is 24.5 Å². The number of fused-ring (bicyclic) bond motifs is 1. The second-order valence-electron chi connectivity index (χ2n) is 4.83. The SMILES string of the molecule is Fc1cnc(N2CC3CCCNC3C2)c(F)c1. The molecule has 0 aromatic carbocycles. The molecule has 3 rings (SSSR count). The number of pyridine rings is 1. The molecule has 1 N–H and O–H groups in total. The van der Waals surface area contributed by atoms with Gasteiger partial charge in [-0.2, -0.15) is 0 Å². The third-order valence-electron chi connectivity index (χ3n) is 3.69. The van der Waals surface area contributed by atoms with Gasteiger partial charge in [0.05, 0.1) is 6.20 Å². The summed E-state index contributed by atoms with van der Waals surface area (Å²) in [7, 11) is 0. The predicted octanol–water partition coefficient (Wildman–Crippen LogP) is 1.55. The van der Waals surface area contributed by atoms with Gasteiger partial charge in [-0.3, -0.25) is 0 Å². The van der Waals surface area contributed by atoms with Crippen LogP contribution in [-0.4, -0.2) is 30.7 Å². The van der Waals surface area contributed by atoms with Crippen molar-refractivity contribution in [1.82, 2.24) is 10.3 Å². The maximum atomic E-state index is 13.6. The van der Waals surface area contributed by atoms with Crippen molar-refractivity contribution in [3.05, 3.63) is 23.9 Å². The quantitative estimate of drug-likeness (QED) is 0.806. The zero-order chi connectivity index (χ0) is 11.8. The topological polar surface area (TPSA) is 28.2 Å². The van der Waals surface area contributed by atoms with E-state index in [1.54, 1.807) is 0 Å². The lowest BCUT2D eigenvalue weighted by Crippen LogP contribution is -2.40. The first-order chi connectivity index (χ1) is 8.24. The molecule has 1 aromatic heterocycles. The van der Waals surface area contributed by atoms with Crippen LogP contribution in [0.25, 0.3) is 0 Å². The average Bonchev–Trinajstić information content (AvgIpc) is 2.72. The molecule has 2 aliphatic heterocycles. The highest BCUT2D eigenvalue weighted by atomic mass is 19.1. The highest BCUT2D eigenvalue weighted by Gasteiger charge is 2.35. The van der Waals surface area contributed by atoms with Crippen molar-refractivity contribution in [3.8, 4) is 0 Å². The van der Waals surface area contributed by atoms with E-state index in [0.29, 0.717) is 12.0 Å². The molecular weight excluding hydrogens is 224 g/mol. The van der Waals surface area contributed by atoms with Crippen molar-refractivity contribution < 1.29 is 8.78 Å². The van der Waals surface area contributed by atoms with Crippen molar-refractivity contribution in [2.24, 2.45) is 5.92 Å². The summed E-state index contributed by atoms with van der Waals surface area (Å²) in [4.78, 5) is 5.78. The van der Waals surface area contributed by atoms with Crippen LogP contribution in [0.1, 0.15) is 12.8 Å². The fourth-order valence-electron chi connectivity index (χ4n) is 2.86. The largest absolute Gasteiger partial charge is 0.352 e. The summed E-state index contributed by atoms with van der Waals surface area (Å²) in [5.41, 5.74) is 0. The number of nitrogens with zero attached hydrogens (tertiary/aromatic N) is 2. The molecule has 2 unspecified atom stereocenters. The summed E-state index contributed by atoms with van der Waals surface area (Å²) in [6.45, 7) is 2.61. The van der Waals surface area contributed by atoms with Gasteiger partial charge >= 0.3 is 0 Å². The maximum absolute atomic E-state index is 13.6. The summed E-state index contributed by atoms with van der Waals surface area (Å²) in [5, 5.41) is 3.45. The zero-order valence-corrected chi connectivity index (χ0v) is 9.50. The van der Waals surface area contributed by atoms with Crippen LogP contribution in [0, 0.1) is 17.6 Å². The van der Waals surface area contributed by atoms with Gasteiger partial charge in [0.25, 0.3) is 0 Å². The summed E-state index contributed by atoms with van der Waals surface area (Å²) < 4.78 is 26.4. The normalized spacial score (nSPS) is 28.2. The highest BCUT2D eigenvalue weighted by molar-refractivity contribution is 5.42. The van der Waals surface area contributed by atoms with Crippen LogP contribution in [0.2, 0.25) is 0 Å². The molecule has 2 aliphatic rings. The van der Waals surface area contributed by atoms with E-state index in [1.807, 2.05) is 4.90 Å². The van der Waals surface area contributed by atoms with E-state index < -0.39 is 11.6 Å². The van der Waals surface area contributed by atoms with Gasteiger partial charge in [-0.25, -0.2) is 13.8 Å². The van der Waals surface area contributed by atoms with Crippen LogP contribution in [0.5, 0.6) is 0 Å². The second-order valence-corrected chi connectivity index (χ2v) is 4.83. The molecule has 2 atom stereocenters. The van der Waals surface area contributed by atoms with E-state index >= 15 is 0 Å². The first kappa shape index (κ1) is 10.9. The van der Waals surface area contributed by atoms with Crippen LogP contribution in [-0.2, 0) is 0 Å². The maximum Gasteiger partial charge on any atom is 0.168 e. The monoisotopic (exact) mass is 239 g/mol. The van der Waals surface area contributed by atoms with Gasteiger partial charge in [0, 0.05) is 25.2 Å². The summed E-state index contributed by atoms with van der Waals surface area (Å²) in [6, 6.07) is 1.33. The Morgan fingerprint density at radius 3 is 3.00 bits per heavy atom. The van der Waals surface area contributed by atoms with Gasteiger partial charge in [0.2, 0.25) is 0 Å². The molecule has 0 spiro atoms. The molecule has 0 bridgehead atoms. The number of rotatable bonds is 1. The molecule has 5 heteroatoms. The van der Waals surface area contributed by atoms with E-state index in [-0.39, 0.29) is 5.82 Å². The van der Waals surface area contributed by atoms with Crippen LogP contribution in [0.3, 0.4) is 0 Å². The molecule has 17 heavy (non-hydrogen) atoms. The Bertz CT molecular complexity index is 410. The van der Waals surface area contributed by atoms with Crippen molar-refractivity contribution in [1.29, 1.82) is 0 Å². The third kappa shape index (κ3) is 1.99.